The van der Waals surface area contributed by atoms with Gasteiger partial charge in [-0.15, -0.1) is 0 Å². The van der Waals surface area contributed by atoms with E-state index in [1.165, 1.54) is 11.1 Å². The Morgan fingerprint density at radius 2 is 1.63 bits per heavy atom. The number of benzene rings is 1. The number of hydrogen-bond acceptors (Lipinski definition) is 3. The summed E-state index contributed by atoms with van der Waals surface area (Å²) in [5, 5.41) is 0. The minimum absolute atomic E-state index is 0.267. The molecular weight excluding hydrogens is 237 g/mol. The third kappa shape index (κ3) is 2.12. The van der Waals surface area contributed by atoms with Crippen molar-refractivity contribution in [3.63, 3.8) is 0 Å². The summed E-state index contributed by atoms with van der Waals surface area (Å²) in [7, 11) is -0.271. The lowest BCUT2D eigenvalue weighted by Crippen LogP contribution is -2.41. The summed E-state index contributed by atoms with van der Waals surface area (Å²) in [6, 6.07) is 6.75. The zero-order chi connectivity index (χ0) is 13.8. The van der Waals surface area contributed by atoms with Crippen molar-refractivity contribution < 1.29 is 9.31 Å². The number of rotatable bonds is 1. The Hall–Kier alpha value is -0.835. The van der Waals surface area contributed by atoms with Crippen molar-refractivity contribution in [2.24, 2.45) is 5.73 Å². The molecule has 0 amide bonds. The predicted octanol–water partition coefficient (Wildman–Crippen LogP) is 1.41. The molecule has 1 atom stereocenters. The van der Waals surface area contributed by atoms with Crippen LogP contribution in [0.4, 0.5) is 0 Å². The van der Waals surface area contributed by atoms with E-state index in [4.69, 9.17) is 15.0 Å². The third-order valence-corrected chi connectivity index (χ3v) is 4.72. The Labute approximate surface area is 115 Å². The molecule has 19 heavy (non-hydrogen) atoms. The maximum Gasteiger partial charge on any atom is 0.494 e. The van der Waals surface area contributed by atoms with Gasteiger partial charge < -0.3 is 15.0 Å². The van der Waals surface area contributed by atoms with Gasteiger partial charge in [-0.3, -0.25) is 0 Å². The molecule has 0 saturated carbocycles. The molecule has 1 aromatic carbocycles. The van der Waals surface area contributed by atoms with Crippen LogP contribution >= 0.6 is 0 Å². The molecule has 0 bridgehead atoms. The van der Waals surface area contributed by atoms with Gasteiger partial charge in [-0.2, -0.15) is 0 Å². The first-order chi connectivity index (χ1) is 8.78. The van der Waals surface area contributed by atoms with Gasteiger partial charge in [0.1, 0.15) is 0 Å². The van der Waals surface area contributed by atoms with Crippen LogP contribution in [0.5, 0.6) is 0 Å². The number of hydrogen-bond donors (Lipinski definition) is 1. The maximum absolute atomic E-state index is 6.08. The summed E-state index contributed by atoms with van der Waals surface area (Å²) < 4.78 is 12.2. The van der Waals surface area contributed by atoms with Crippen molar-refractivity contribution in [2.75, 3.05) is 0 Å². The topological polar surface area (TPSA) is 44.5 Å². The van der Waals surface area contributed by atoms with E-state index in [2.05, 4.69) is 45.9 Å². The van der Waals surface area contributed by atoms with Crippen molar-refractivity contribution in [3.05, 3.63) is 29.3 Å². The highest BCUT2D eigenvalue weighted by molar-refractivity contribution is 6.62. The Kier molecular flexibility index (Phi) is 2.82. The van der Waals surface area contributed by atoms with Crippen molar-refractivity contribution in [1.82, 2.24) is 0 Å². The van der Waals surface area contributed by atoms with Gasteiger partial charge in [-0.05, 0) is 57.1 Å². The van der Waals surface area contributed by atoms with Gasteiger partial charge in [-0.25, -0.2) is 0 Å². The van der Waals surface area contributed by atoms with Crippen LogP contribution in [0.2, 0.25) is 0 Å². The van der Waals surface area contributed by atoms with E-state index >= 15 is 0 Å². The van der Waals surface area contributed by atoms with Gasteiger partial charge in [-0.1, -0.05) is 18.2 Å². The first kappa shape index (κ1) is 13.2. The molecule has 3 rings (SSSR count). The van der Waals surface area contributed by atoms with Gasteiger partial charge in [0, 0.05) is 6.04 Å². The summed E-state index contributed by atoms with van der Waals surface area (Å²) in [6.45, 7) is 8.32. The van der Waals surface area contributed by atoms with Gasteiger partial charge in [0.2, 0.25) is 0 Å². The highest BCUT2D eigenvalue weighted by Gasteiger charge is 2.51. The monoisotopic (exact) mass is 259 g/mol. The van der Waals surface area contributed by atoms with Crippen LogP contribution in [0, 0.1) is 0 Å². The summed E-state index contributed by atoms with van der Waals surface area (Å²) in [5.41, 5.74) is 9.26. The zero-order valence-electron chi connectivity index (χ0n) is 12.2. The molecule has 1 aliphatic carbocycles. The van der Waals surface area contributed by atoms with Gasteiger partial charge in [0.15, 0.2) is 0 Å². The first-order valence-corrected chi connectivity index (χ1v) is 7.01. The van der Waals surface area contributed by atoms with Crippen molar-refractivity contribution in [2.45, 2.75) is 57.8 Å². The highest BCUT2D eigenvalue weighted by Crippen LogP contribution is 2.36. The SMILES string of the molecule is CC1(C)OB(c2ccc3c(c2)CC(N)C3)OC1(C)C. The fourth-order valence-corrected chi connectivity index (χ4v) is 2.80. The van der Waals surface area contributed by atoms with Crippen LogP contribution in [-0.4, -0.2) is 24.4 Å². The van der Waals surface area contributed by atoms with Gasteiger partial charge in [0.25, 0.3) is 0 Å². The third-order valence-electron chi connectivity index (χ3n) is 4.72. The largest absolute Gasteiger partial charge is 0.494 e. The lowest BCUT2D eigenvalue weighted by Gasteiger charge is -2.32. The molecular formula is C15H22BNO2. The van der Waals surface area contributed by atoms with Crippen LogP contribution in [0.3, 0.4) is 0 Å². The molecule has 1 aromatic rings. The van der Waals surface area contributed by atoms with Crippen LogP contribution < -0.4 is 11.2 Å². The van der Waals surface area contributed by atoms with Gasteiger partial charge >= 0.3 is 7.12 Å². The Balaban J connectivity index is 1.88. The molecule has 1 unspecified atom stereocenters. The molecule has 102 valence electrons. The van der Waals surface area contributed by atoms with Crippen molar-refractivity contribution >= 4 is 12.6 Å². The van der Waals surface area contributed by atoms with Crippen LogP contribution in [0.1, 0.15) is 38.8 Å². The quantitative estimate of drug-likeness (QED) is 0.775. The summed E-state index contributed by atoms with van der Waals surface area (Å²) in [6.07, 6.45) is 1.95. The van der Waals surface area contributed by atoms with Gasteiger partial charge in [0.05, 0.1) is 11.2 Å². The smallest absolute Gasteiger partial charge is 0.399 e. The van der Waals surface area contributed by atoms with Crippen LogP contribution in [0.15, 0.2) is 18.2 Å². The normalized spacial score (nSPS) is 27.6. The summed E-state index contributed by atoms with van der Waals surface area (Å²) >= 11 is 0. The second-order valence-corrected chi connectivity index (χ2v) is 6.78. The molecule has 2 aliphatic rings. The number of fused-ring (bicyclic) bond motifs is 1. The Bertz CT molecular complexity index is 497. The summed E-state index contributed by atoms with van der Waals surface area (Å²) in [4.78, 5) is 0. The fraction of sp³-hybridized carbons (Fsp3) is 0.600. The lowest BCUT2D eigenvalue weighted by molar-refractivity contribution is 0.00578. The van der Waals surface area contributed by atoms with Crippen LogP contribution in [0.25, 0.3) is 0 Å². The molecule has 1 fully saturated rings. The second kappa shape index (κ2) is 4.08. The van der Waals surface area contributed by atoms with E-state index < -0.39 is 0 Å². The molecule has 1 aliphatic heterocycles. The highest BCUT2D eigenvalue weighted by atomic mass is 16.7. The standard InChI is InChI=1S/C15H22BNO2/c1-14(2)15(3,4)19-16(18-14)12-6-5-10-8-13(17)9-11(10)7-12/h5-7,13H,8-9,17H2,1-4H3. The number of nitrogens with two attached hydrogens (primary N) is 1. The Morgan fingerprint density at radius 3 is 2.26 bits per heavy atom. The molecule has 1 saturated heterocycles. The van der Waals surface area contributed by atoms with Crippen molar-refractivity contribution in [1.29, 1.82) is 0 Å². The second-order valence-electron chi connectivity index (χ2n) is 6.78. The molecule has 2 N–H and O–H groups in total. The first-order valence-electron chi connectivity index (χ1n) is 7.01. The lowest BCUT2D eigenvalue weighted by atomic mass is 9.78. The van der Waals surface area contributed by atoms with E-state index in [9.17, 15) is 0 Å². The molecule has 1 heterocycles. The average molecular weight is 259 g/mol. The van der Waals surface area contributed by atoms with Crippen molar-refractivity contribution in [3.8, 4) is 0 Å². The summed E-state index contributed by atoms with van der Waals surface area (Å²) in [5.74, 6) is 0. The van der Waals surface area contributed by atoms with E-state index in [1.807, 2.05) is 0 Å². The van der Waals surface area contributed by atoms with E-state index in [1.54, 1.807) is 0 Å². The Morgan fingerprint density at radius 1 is 1.05 bits per heavy atom. The molecule has 4 heteroatoms. The maximum atomic E-state index is 6.08. The molecule has 0 spiro atoms. The fourth-order valence-electron chi connectivity index (χ4n) is 2.80. The minimum atomic E-state index is -0.285. The van der Waals surface area contributed by atoms with E-state index in [-0.39, 0.29) is 24.4 Å². The average Bonchev–Trinajstić information content (AvgIpc) is 2.74. The van der Waals surface area contributed by atoms with E-state index in [0.717, 1.165) is 18.3 Å². The zero-order valence-corrected chi connectivity index (χ0v) is 12.2. The minimum Gasteiger partial charge on any atom is -0.399 e. The van der Waals surface area contributed by atoms with E-state index in [0.29, 0.717) is 0 Å². The van der Waals surface area contributed by atoms with Crippen LogP contribution in [-0.2, 0) is 22.2 Å². The molecule has 0 aromatic heterocycles. The predicted molar refractivity (Wildman–Crippen MR) is 77.5 cm³/mol. The molecule has 0 radical (unpaired) electrons. The molecule has 3 nitrogen and oxygen atoms in total.